The first kappa shape index (κ1) is 11.5. The van der Waals surface area contributed by atoms with Crippen LogP contribution in [-0.2, 0) is 6.42 Å². The lowest BCUT2D eigenvalue weighted by Crippen LogP contribution is -1.99. The molecule has 1 aromatic carbocycles. The fourth-order valence-corrected chi connectivity index (χ4v) is 1.81. The summed E-state index contributed by atoms with van der Waals surface area (Å²) in [6, 6.07) is 10.1. The van der Waals surface area contributed by atoms with E-state index in [1.807, 2.05) is 12.1 Å². The maximum Gasteiger partial charge on any atom is 0.147 e. The summed E-state index contributed by atoms with van der Waals surface area (Å²) in [4.78, 5) is 4.05. The summed E-state index contributed by atoms with van der Waals surface area (Å²) in [5, 5.41) is 3.29. The lowest BCUT2D eigenvalue weighted by atomic mass is 10.1. The minimum Gasteiger partial charge on any atom is -0.382 e. The minimum atomic E-state index is 0.520. The molecule has 17 heavy (non-hydrogen) atoms. The number of hydrogen-bond acceptors (Lipinski definition) is 3. The van der Waals surface area contributed by atoms with Crippen molar-refractivity contribution in [1.82, 2.24) is 4.98 Å². The largest absolute Gasteiger partial charge is 0.382 e. The first-order chi connectivity index (χ1) is 8.20. The zero-order chi connectivity index (χ0) is 12.3. The molecule has 0 fully saturated rings. The van der Waals surface area contributed by atoms with Gasteiger partial charge in [0.2, 0.25) is 0 Å². The lowest BCUT2D eigenvalue weighted by Gasteiger charge is -2.11. The van der Waals surface area contributed by atoms with Crippen LogP contribution in [0, 0.1) is 6.92 Å². The highest BCUT2D eigenvalue weighted by Crippen LogP contribution is 2.22. The van der Waals surface area contributed by atoms with Gasteiger partial charge in [0, 0.05) is 11.9 Å². The quantitative estimate of drug-likeness (QED) is 0.846. The van der Waals surface area contributed by atoms with Gasteiger partial charge in [0.1, 0.15) is 5.82 Å². The molecule has 3 N–H and O–H groups in total. The van der Waals surface area contributed by atoms with E-state index in [9.17, 15) is 0 Å². The van der Waals surface area contributed by atoms with E-state index in [1.165, 1.54) is 11.1 Å². The van der Waals surface area contributed by atoms with Crippen LogP contribution >= 0.6 is 0 Å². The third-order valence-electron chi connectivity index (χ3n) is 2.85. The van der Waals surface area contributed by atoms with Crippen LogP contribution in [-0.4, -0.2) is 4.98 Å². The summed E-state index contributed by atoms with van der Waals surface area (Å²) >= 11 is 0. The molecule has 0 saturated heterocycles. The zero-order valence-electron chi connectivity index (χ0n) is 10.2. The molecule has 0 amide bonds. The fourth-order valence-electron chi connectivity index (χ4n) is 1.81. The molecule has 88 valence electrons. The van der Waals surface area contributed by atoms with Gasteiger partial charge in [-0.05, 0) is 48.7 Å². The lowest BCUT2D eigenvalue weighted by molar-refractivity contribution is 1.11. The highest BCUT2D eigenvalue weighted by Gasteiger charge is 2.02. The van der Waals surface area contributed by atoms with Gasteiger partial charge in [-0.1, -0.05) is 13.0 Å². The van der Waals surface area contributed by atoms with Crippen LogP contribution in [0.1, 0.15) is 18.1 Å². The molecule has 3 nitrogen and oxygen atoms in total. The van der Waals surface area contributed by atoms with Crippen LogP contribution in [0.4, 0.5) is 17.2 Å². The van der Waals surface area contributed by atoms with Crippen molar-refractivity contribution in [2.24, 2.45) is 0 Å². The summed E-state index contributed by atoms with van der Waals surface area (Å²) in [5.41, 5.74) is 10.4. The van der Waals surface area contributed by atoms with Crippen molar-refractivity contribution in [2.45, 2.75) is 20.3 Å². The summed E-state index contributed by atoms with van der Waals surface area (Å²) in [5.74, 6) is 0.520. The Bertz CT molecular complexity index is 521. The molecule has 1 aromatic heterocycles. The number of nitrogens with two attached hydrogens (primary N) is 1. The smallest absolute Gasteiger partial charge is 0.147 e. The monoisotopic (exact) mass is 227 g/mol. The Labute approximate surface area is 102 Å². The maximum absolute atomic E-state index is 5.80. The van der Waals surface area contributed by atoms with E-state index in [1.54, 1.807) is 6.20 Å². The summed E-state index contributed by atoms with van der Waals surface area (Å²) in [6.07, 6.45) is 2.72. The van der Waals surface area contributed by atoms with Crippen molar-refractivity contribution < 1.29 is 0 Å². The molecule has 0 aliphatic rings. The third kappa shape index (κ3) is 2.56. The molecular formula is C14H17N3. The molecule has 0 aliphatic heterocycles. The highest BCUT2D eigenvalue weighted by molar-refractivity contribution is 5.69. The van der Waals surface area contributed by atoms with Gasteiger partial charge in [0.15, 0.2) is 0 Å². The summed E-state index contributed by atoms with van der Waals surface area (Å²) in [7, 11) is 0. The van der Waals surface area contributed by atoms with Crippen LogP contribution in [0.5, 0.6) is 0 Å². The van der Waals surface area contributed by atoms with E-state index >= 15 is 0 Å². The molecule has 2 aromatic rings. The second kappa shape index (κ2) is 4.87. The first-order valence-corrected chi connectivity index (χ1v) is 5.77. The standard InChI is InChI=1S/C14H17N3/c1-3-11-9-12(7-6-10(11)2)17-13-5-4-8-16-14(13)15/h4-9,17H,3H2,1-2H3,(H2,15,16). The normalized spacial score (nSPS) is 10.2. The van der Waals surface area contributed by atoms with Crippen LogP contribution in [0.2, 0.25) is 0 Å². The Kier molecular flexibility index (Phi) is 3.28. The second-order valence-corrected chi connectivity index (χ2v) is 4.06. The van der Waals surface area contributed by atoms with Crippen molar-refractivity contribution in [3.63, 3.8) is 0 Å². The van der Waals surface area contributed by atoms with Crippen molar-refractivity contribution in [1.29, 1.82) is 0 Å². The van der Waals surface area contributed by atoms with Gasteiger partial charge in [0.05, 0.1) is 5.69 Å². The Morgan fingerprint density at radius 1 is 1.29 bits per heavy atom. The SMILES string of the molecule is CCc1cc(Nc2cccnc2N)ccc1C. The Morgan fingerprint density at radius 3 is 2.82 bits per heavy atom. The Morgan fingerprint density at radius 2 is 2.12 bits per heavy atom. The molecule has 1 heterocycles. The summed E-state index contributed by atoms with van der Waals surface area (Å²) < 4.78 is 0. The number of rotatable bonds is 3. The third-order valence-corrected chi connectivity index (χ3v) is 2.85. The van der Waals surface area contributed by atoms with Gasteiger partial charge in [-0.2, -0.15) is 0 Å². The van der Waals surface area contributed by atoms with Crippen LogP contribution < -0.4 is 11.1 Å². The highest BCUT2D eigenvalue weighted by atomic mass is 15.0. The van der Waals surface area contributed by atoms with Gasteiger partial charge in [-0.15, -0.1) is 0 Å². The first-order valence-electron chi connectivity index (χ1n) is 5.77. The van der Waals surface area contributed by atoms with Gasteiger partial charge in [0.25, 0.3) is 0 Å². The number of nitrogen functional groups attached to an aromatic ring is 1. The van der Waals surface area contributed by atoms with E-state index in [0.29, 0.717) is 5.82 Å². The molecule has 3 heteroatoms. The van der Waals surface area contributed by atoms with Gasteiger partial charge < -0.3 is 11.1 Å². The topological polar surface area (TPSA) is 50.9 Å². The van der Waals surface area contributed by atoms with Crippen molar-refractivity contribution >= 4 is 17.2 Å². The molecular weight excluding hydrogens is 210 g/mol. The number of hydrogen-bond donors (Lipinski definition) is 2. The van der Waals surface area contributed by atoms with Crippen LogP contribution in [0.15, 0.2) is 36.5 Å². The van der Waals surface area contributed by atoms with E-state index in [2.05, 4.69) is 42.3 Å². The predicted octanol–water partition coefficient (Wildman–Crippen LogP) is 3.28. The number of nitrogens with zero attached hydrogens (tertiary/aromatic N) is 1. The van der Waals surface area contributed by atoms with Crippen LogP contribution in [0.3, 0.4) is 0 Å². The van der Waals surface area contributed by atoms with Gasteiger partial charge in [-0.25, -0.2) is 4.98 Å². The van der Waals surface area contributed by atoms with Crippen molar-refractivity contribution in [2.75, 3.05) is 11.1 Å². The number of anilines is 3. The molecule has 2 rings (SSSR count). The van der Waals surface area contributed by atoms with Crippen LogP contribution in [0.25, 0.3) is 0 Å². The Balaban J connectivity index is 2.28. The minimum absolute atomic E-state index is 0.520. The average molecular weight is 227 g/mol. The fraction of sp³-hybridized carbons (Fsp3) is 0.214. The van der Waals surface area contributed by atoms with E-state index in [4.69, 9.17) is 5.73 Å². The number of aryl methyl sites for hydroxylation is 2. The molecule has 0 saturated carbocycles. The number of nitrogens with one attached hydrogen (secondary N) is 1. The molecule has 0 atom stereocenters. The summed E-state index contributed by atoms with van der Waals surface area (Å²) in [6.45, 7) is 4.28. The van der Waals surface area contributed by atoms with Gasteiger partial charge >= 0.3 is 0 Å². The van der Waals surface area contributed by atoms with E-state index in [-0.39, 0.29) is 0 Å². The van der Waals surface area contributed by atoms with Crippen molar-refractivity contribution in [3.8, 4) is 0 Å². The number of benzene rings is 1. The zero-order valence-corrected chi connectivity index (χ0v) is 10.2. The predicted molar refractivity (Wildman–Crippen MR) is 72.5 cm³/mol. The Hall–Kier alpha value is -2.03. The number of pyridine rings is 1. The second-order valence-electron chi connectivity index (χ2n) is 4.06. The average Bonchev–Trinajstić information content (AvgIpc) is 2.34. The number of aromatic nitrogens is 1. The van der Waals surface area contributed by atoms with E-state index < -0.39 is 0 Å². The maximum atomic E-state index is 5.80. The van der Waals surface area contributed by atoms with Gasteiger partial charge in [-0.3, -0.25) is 0 Å². The molecule has 0 spiro atoms. The molecule has 0 unspecified atom stereocenters. The van der Waals surface area contributed by atoms with E-state index in [0.717, 1.165) is 17.8 Å². The molecule has 0 bridgehead atoms. The molecule has 0 radical (unpaired) electrons. The van der Waals surface area contributed by atoms with Crippen molar-refractivity contribution in [3.05, 3.63) is 47.7 Å². The molecule has 0 aliphatic carbocycles.